The fourth-order valence-electron chi connectivity index (χ4n) is 4.04. The number of benzene rings is 2. The molecule has 0 unspecified atom stereocenters. The zero-order valence-corrected chi connectivity index (χ0v) is 17.0. The van der Waals surface area contributed by atoms with Gasteiger partial charge in [-0.2, -0.15) is 0 Å². The number of fused-ring (bicyclic) bond motifs is 1. The topological polar surface area (TPSA) is 92.6 Å². The molecule has 2 amide bonds. The summed E-state index contributed by atoms with van der Waals surface area (Å²) < 4.78 is 7.56. The fraction of sp³-hybridized carbons (Fsp3) is 0.304. The molecule has 2 aromatic carbocycles. The number of ether oxygens (including phenoxy) is 1. The Morgan fingerprint density at radius 1 is 1.10 bits per heavy atom. The van der Waals surface area contributed by atoms with E-state index in [1.165, 1.54) is 22.2 Å². The van der Waals surface area contributed by atoms with E-state index >= 15 is 0 Å². The first-order valence-electron chi connectivity index (χ1n) is 9.95. The lowest BCUT2D eigenvalue weighted by Gasteiger charge is -2.17. The number of carbonyl (C=O) groups excluding carboxylic acids is 2. The van der Waals surface area contributed by atoms with Crippen LogP contribution in [0.2, 0.25) is 0 Å². The van der Waals surface area contributed by atoms with Crippen molar-refractivity contribution in [1.82, 2.24) is 15.4 Å². The van der Waals surface area contributed by atoms with Gasteiger partial charge in [0.2, 0.25) is 0 Å². The van der Waals surface area contributed by atoms with Crippen molar-refractivity contribution in [1.29, 1.82) is 0 Å². The minimum Gasteiger partial charge on any atom is -0.378 e. The molecule has 1 aliphatic heterocycles. The normalized spacial score (nSPS) is 18.5. The number of para-hydroxylation sites is 1. The van der Waals surface area contributed by atoms with Crippen molar-refractivity contribution in [3.63, 3.8) is 0 Å². The van der Waals surface area contributed by atoms with E-state index in [-0.39, 0.29) is 19.1 Å². The van der Waals surface area contributed by atoms with Gasteiger partial charge in [0.25, 0.3) is 11.8 Å². The second-order valence-corrected chi connectivity index (χ2v) is 7.71. The molecule has 2 heterocycles. The Hall–Kier alpha value is -3.16. The molecule has 0 saturated carbocycles. The van der Waals surface area contributed by atoms with E-state index in [4.69, 9.17) is 9.94 Å². The predicted molar refractivity (Wildman–Crippen MR) is 112 cm³/mol. The first-order chi connectivity index (χ1) is 14.5. The number of nitrogens with one attached hydrogen (secondary N) is 2. The van der Waals surface area contributed by atoms with Crippen LogP contribution in [0.15, 0.2) is 48.5 Å². The van der Waals surface area contributed by atoms with Crippen molar-refractivity contribution in [2.24, 2.45) is 5.92 Å². The van der Waals surface area contributed by atoms with E-state index in [0.717, 1.165) is 12.1 Å². The molecule has 1 aliphatic rings. The first-order valence-corrected chi connectivity index (χ1v) is 9.95. The molecule has 2 atom stereocenters. The molecule has 7 nitrogen and oxygen atoms in total. The number of carbonyl (C=O) groups is 2. The SMILES string of the molecule is Cc1c(C)n(Cc2ccc(C(=O)N[C@@H]3COC[C@@H]3C(=O)NO)cc2)c2ccccc12. The van der Waals surface area contributed by atoms with Crippen molar-refractivity contribution in [3.8, 4) is 0 Å². The zero-order chi connectivity index (χ0) is 21.3. The number of nitrogens with zero attached hydrogens (tertiary/aromatic N) is 1. The van der Waals surface area contributed by atoms with E-state index in [1.54, 1.807) is 17.6 Å². The molecule has 3 N–H and O–H groups in total. The van der Waals surface area contributed by atoms with Crippen molar-refractivity contribution >= 4 is 22.7 Å². The lowest BCUT2D eigenvalue weighted by Crippen LogP contribution is -2.45. The van der Waals surface area contributed by atoms with Crippen LogP contribution in [0.3, 0.4) is 0 Å². The number of aryl methyl sites for hydroxylation is 1. The lowest BCUT2D eigenvalue weighted by atomic mass is 10.0. The van der Waals surface area contributed by atoms with Crippen LogP contribution in [0.4, 0.5) is 0 Å². The van der Waals surface area contributed by atoms with Gasteiger partial charge in [-0.15, -0.1) is 0 Å². The molecule has 0 aliphatic carbocycles. The van der Waals surface area contributed by atoms with Gasteiger partial charge in [0, 0.05) is 28.7 Å². The van der Waals surface area contributed by atoms with Gasteiger partial charge in [-0.05, 0) is 43.2 Å². The van der Waals surface area contributed by atoms with Crippen LogP contribution in [0.5, 0.6) is 0 Å². The van der Waals surface area contributed by atoms with Gasteiger partial charge < -0.3 is 14.6 Å². The summed E-state index contributed by atoms with van der Waals surface area (Å²) in [5.74, 6) is -1.43. The monoisotopic (exact) mass is 407 g/mol. The van der Waals surface area contributed by atoms with Gasteiger partial charge in [-0.1, -0.05) is 30.3 Å². The van der Waals surface area contributed by atoms with E-state index in [2.05, 4.69) is 41.9 Å². The highest BCUT2D eigenvalue weighted by Crippen LogP contribution is 2.26. The third kappa shape index (κ3) is 3.69. The number of hydrogen-bond donors (Lipinski definition) is 3. The highest BCUT2D eigenvalue weighted by atomic mass is 16.5. The average molecular weight is 407 g/mol. The molecule has 0 bridgehead atoms. The summed E-state index contributed by atoms with van der Waals surface area (Å²) in [6, 6.07) is 15.4. The highest BCUT2D eigenvalue weighted by Gasteiger charge is 2.35. The molecule has 0 spiro atoms. The van der Waals surface area contributed by atoms with E-state index < -0.39 is 17.9 Å². The van der Waals surface area contributed by atoms with E-state index in [0.29, 0.717) is 5.56 Å². The molecule has 1 fully saturated rings. The number of rotatable bonds is 5. The minimum atomic E-state index is -0.605. The van der Waals surface area contributed by atoms with Gasteiger partial charge in [0.05, 0.1) is 25.2 Å². The summed E-state index contributed by atoms with van der Waals surface area (Å²) >= 11 is 0. The van der Waals surface area contributed by atoms with Gasteiger partial charge in [0.15, 0.2) is 0 Å². The Morgan fingerprint density at radius 2 is 1.83 bits per heavy atom. The van der Waals surface area contributed by atoms with Crippen LogP contribution in [0.1, 0.15) is 27.2 Å². The van der Waals surface area contributed by atoms with Crippen molar-refractivity contribution in [2.45, 2.75) is 26.4 Å². The Labute approximate surface area is 174 Å². The molecule has 0 radical (unpaired) electrons. The van der Waals surface area contributed by atoms with Crippen molar-refractivity contribution in [2.75, 3.05) is 13.2 Å². The quantitative estimate of drug-likeness (QED) is 0.448. The summed E-state index contributed by atoms with van der Waals surface area (Å²) in [4.78, 5) is 24.3. The Bertz CT molecular complexity index is 1090. The van der Waals surface area contributed by atoms with Crippen LogP contribution >= 0.6 is 0 Å². The van der Waals surface area contributed by atoms with Crippen LogP contribution in [-0.4, -0.2) is 40.8 Å². The molecule has 3 aromatic rings. The number of hydroxylamine groups is 1. The molecule has 156 valence electrons. The Kier molecular flexibility index (Phi) is 5.57. The Morgan fingerprint density at radius 3 is 2.57 bits per heavy atom. The molecule has 7 heteroatoms. The summed E-state index contributed by atoms with van der Waals surface area (Å²) in [7, 11) is 0. The Balaban J connectivity index is 1.48. The van der Waals surface area contributed by atoms with Crippen LogP contribution < -0.4 is 10.8 Å². The molecular weight excluding hydrogens is 382 g/mol. The number of hydrogen-bond acceptors (Lipinski definition) is 4. The maximum absolute atomic E-state index is 12.6. The second kappa shape index (κ2) is 8.30. The summed E-state index contributed by atoms with van der Waals surface area (Å²) in [5, 5.41) is 12.9. The second-order valence-electron chi connectivity index (χ2n) is 7.71. The number of amides is 2. The number of aromatic nitrogens is 1. The highest BCUT2D eigenvalue weighted by molar-refractivity contribution is 5.95. The van der Waals surface area contributed by atoms with Crippen molar-refractivity contribution in [3.05, 3.63) is 70.9 Å². The van der Waals surface area contributed by atoms with Gasteiger partial charge in [-0.3, -0.25) is 14.8 Å². The predicted octanol–water partition coefficient (Wildman–Crippen LogP) is 2.56. The van der Waals surface area contributed by atoms with Gasteiger partial charge in [0.1, 0.15) is 0 Å². The molecular formula is C23H25N3O4. The van der Waals surface area contributed by atoms with Gasteiger partial charge >= 0.3 is 0 Å². The standard InChI is InChI=1S/C23H25N3O4/c1-14-15(2)26(21-6-4-3-5-18(14)21)11-16-7-9-17(10-8-16)22(27)24-20-13-30-12-19(20)23(28)25-29/h3-10,19-20,29H,11-13H2,1-2H3,(H,24,27)(H,25,28)/t19-,20+/m0/s1. The maximum atomic E-state index is 12.6. The van der Waals surface area contributed by atoms with Crippen LogP contribution in [0.25, 0.3) is 10.9 Å². The molecule has 1 saturated heterocycles. The third-order valence-corrected chi connectivity index (χ3v) is 5.95. The summed E-state index contributed by atoms with van der Waals surface area (Å²) in [6.45, 7) is 5.39. The van der Waals surface area contributed by atoms with Crippen LogP contribution in [-0.2, 0) is 16.1 Å². The largest absolute Gasteiger partial charge is 0.378 e. The van der Waals surface area contributed by atoms with E-state index in [9.17, 15) is 9.59 Å². The van der Waals surface area contributed by atoms with Gasteiger partial charge in [-0.25, -0.2) is 5.48 Å². The molecule has 4 rings (SSSR count). The van der Waals surface area contributed by atoms with Crippen molar-refractivity contribution < 1.29 is 19.5 Å². The molecule has 30 heavy (non-hydrogen) atoms. The third-order valence-electron chi connectivity index (χ3n) is 5.95. The molecule has 1 aromatic heterocycles. The smallest absolute Gasteiger partial charge is 0.251 e. The lowest BCUT2D eigenvalue weighted by molar-refractivity contribution is -0.133. The first kappa shape index (κ1) is 20.1. The summed E-state index contributed by atoms with van der Waals surface area (Å²) in [5.41, 5.74) is 6.94. The fourth-order valence-corrected chi connectivity index (χ4v) is 4.04. The zero-order valence-electron chi connectivity index (χ0n) is 17.0. The maximum Gasteiger partial charge on any atom is 0.251 e. The average Bonchev–Trinajstić information content (AvgIpc) is 3.32. The van der Waals surface area contributed by atoms with Crippen LogP contribution in [0, 0.1) is 19.8 Å². The van der Waals surface area contributed by atoms with E-state index in [1.807, 2.05) is 18.2 Å². The summed E-state index contributed by atoms with van der Waals surface area (Å²) in [6.07, 6.45) is 0. The minimum absolute atomic E-state index is 0.167.